The third-order valence-corrected chi connectivity index (χ3v) is 3.16. The molecule has 0 amide bonds. The first-order chi connectivity index (χ1) is 8.63. The third kappa shape index (κ3) is 2.54. The fourth-order valence-corrected chi connectivity index (χ4v) is 2.03. The van der Waals surface area contributed by atoms with Crippen LogP contribution in [0.3, 0.4) is 0 Å². The van der Waals surface area contributed by atoms with Gasteiger partial charge in [0.05, 0.1) is 6.54 Å². The average Bonchev–Trinajstić information content (AvgIpc) is 2.70. The summed E-state index contributed by atoms with van der Waals surface area (Å²) in [6.45, 7) is 2.20. The molecule has 2 N–H and O–H groups in total. The second-order valence-corrected chi connectivity index (χ2v) is 4.46. The van der Waals surface area contributed by atoms with Crippen LogP contribution in [0.2, 0.25) is 5.02 Å². The Morgan fingerprint density at radius 1 is 1.56 bits per heavy atom. The van der Waals surface area contributed by atoms with Crippen LogP contribution in [-0.4, -0.2) is 14.9 Å². The highest BCUT2D eigenvalue weighted by Crippen LogP contribution is 2.18. The molecule has 0 fully saturated rings. The van der Waals surface area contributed by atoms with Crippen molar-refractivity contribution in [3.8, 4) is 0 Å². The topological polar surface area (TPSA) is 45.6 Å². The van der Waals surface area contributed by atoms with Crippen molar-refractivity contribution in [3.05, 3.63) is 45.2 Å². The van der Waals surface area contributed by atoms with Gasteiger partial charge in [0.1, 0.15) is 5.82 Å². The van der Waals surface area contributed by atoms with Crippen LogP contribution in [0.15, 0.2) is 18.2 Å². The van der Waals surface area contributed by atoms with Gasteiger partial charge in [-0.25, -0.2) is 9.07 Å². The number of nitrogens with one attached hydrogen (secondary N) is 2. The van der Waals surface area contributed by atoms with Crippen molar-refractivity contribution < 1.29 is 4.39 Å². The fourth-order valence-electron chi connectivity index (χ4n) is 1.59. The molecule has 96 valence electrons. The number of benzene rings is 1. The standard InChI is InChI=1S/C11H12ClFN4S/c1-2-10-15-16-11(18)17(10)14-6-7-8(12)4-3-5-9(7)13/h3-5,14H,2,6H2,1H3,(H,16,18). The molecule has 2 rings (SSSR count). The number of rotatable bonds is 4. The Morgan fingerprint density at radius 3 is 3.00 bits per heavy atom. The molecule has 0 saturated heterocycles. The number of halogens is 2. The molecule has 0 aliphatic heterocycles. The molecular weight excluding hydrogens is 275 g/mol. The monoisotopic (exact) mass is 286 g/mol. The van der Waals surface area contributed by atoms with Crippen molar-refractivity contribution in [3.63, 3.8) is 0 Å². The second kappa shape index (κ2) is 5.49. The Bertz CT molecular complexity index is 587. The molecule has 2 aromatic rings. The van der Waals surface area contributed by atoms with Gasteiger partial charge in [0.15, 0.2) is 5.82 Å². The quantitative estimate of drug-likeness (QED) is 0.849. The lowest BCUT2D eigenvalue weighted by Crippen LogP contribution is -2.18. The van der Waals surface area contributed by atoms with Crippen LogP contribution in [0.25, 0.3) is 0 Å². The molecule has 18 heavy (non-hydrogen) atoms. The van der Waals surface area contributed by atoms with Gasteiger partial charge in [-0.1, -0.05) is 24.6 Å². The SMILES string of the molecule is CCc1n[nH]c(=S)n1NCc1c(F)cccc1Cl. The number of aromatic nitrogens is 3. The van der Waals surface area contributed by atoms with E-state index in [1.54, 1.807) is 16.8 Å². The smallest absolute Gasteiger partial charge is 0.214 e. The highest BCUT2D eigenvalue weighted by Gasteiger charge is 2.08. The summed E-state index contributed by atoms with van der Waals surface area (Å²) in [4.78, 5) is 0. The van der Waals surface area contributed by atoms with E-state index in [1.165, 1.54) is 6.07 Å². The van der Waals surface area contributed by atoms with Crippen LogP contribution in [0.5, 0.6) is 0 Å². The van der Waals surface area contributed by atoms with Gasteiger partial charge in [0.2, 0.25) is 4.77 Å². The Hall–Kier alpha value is -1.40. The molecular formula is C11H12ClFN4S. The maximum Gasteiger partial charge on any atom is 0.214 e. The maximum atomic E-state index is 13.6. The third-order valence-electron chi connectivity index (χ3n) is 2.53. The van der Waals surface area contributed by atoms with Crippen LogP contribution < -0.4 is 5.43 Å². The largest absolute Gasteiger partial charge is 0.318 e. The minimum absolute atomic E-state index is 0.242. The Kier molecular flexibility index (Phi) is 3.98. The van der Waals surface area contributed by atoms with Crippen molar-refractivity contribution in [1.82, 2.24) is 14.9 Å². The number of hydrogen-bond donors (Lipinski definition) is 2. The first kappa shape index (κ1) is 13.0. The van der Waals surface area contributed by atoms with Gasteiger partial charge in [-0.15, -0.1) is 0 Å². The van der Waals surface area contributed by atoms with E-state index in [2.05, 4.69) is 15.6 Å². The predicted molar refractivity (Wildman–Crippen MR) is 71.3 cm³/mol. The second-order valence-electron chi connectivity index (χ2n) is 3.67. The van der Waals surface area contributed by atoms with Crippen molar-refractivity contribution in [1.29, 1.82) is 0 Å². The van der Waals surface area contributed by atoms with Crippen LogP contribution >= 0.6 is 23.8 Å². The van der Waals surface area contributed by atoms with Gasteiger partial charge in [-0.05, 0) is 24.4 Å². The fraction of sp³-hybridized carbons (Fsp3) is 0.273. The number of nitrogens with zero attached hydrogens (tertiary/aromatic N) is 2. The Balaban J connectivity index is 2.21. The van der Waals surface area contributed by atoms with Gasteiger partial charge >= 0.3 is 0 Å². The zero-order chi connectivity index (χ0) is 13.1. The highest BCUT2D eigenvalue weighted by molar-refractivity contribution is 7.71. The van der Waals surface area contributed by atoms with E-state index in [0.29, 0.717) is 21.8 Å². The molecule has 1 aromatic carbocycles. The molecule has 0 bridgehead atoms. The van der Waals surface area contributed by atoms with E-state index in [1.807, 2.05) is 6.92 Å². The molecule has 0 aliphatic carbocycles. The van der Waals surface area contributed by atoms with E-state index in [4.69, 9.17) is 23.8 Å². The van der Waals surface area contributed by atoms with Crippen molar-refractivity contribution >= 4 is 23.8 Å². The molecule has 0 unspecified atom stereocenters. The van der Waals surface area contributed by atoms with Crippen LogP contribution in [-0.2, 0) is 13.0 Å². The van der Waals surface area contributed by atoms with E-state index in [-0.39, 0.29) is 12.4 Å². The lowest BCUT2D eigenvalue weighted by atomic mass is 10.2. The summed E-state index contributed by atoms with van der Waals surface area (Å²) in [5.74, 6) is 0.413. The lowest BCUT2D eigenvalue weighted by molar-refractivity contribution is 0.607. The normalized spacial score (nSPS) is 10.6. The molecule has 0 saturated carbocycles. The summed E-state index contributed by atoms with van der Waals surface area (Å²) < 4.78 is 15.6. The summed E-state index contributed by atoms with van der Waals surface area (Å²) in [5.41, 5.74) is 3.41. The molecule has 1 heterocycles. The molecule has 7 heteroatoms. The van der Waals surface area contributed by atoms with Crippen molar-refractivity contribution in [2.75, 3.05) is 5.43 Å². The maximum absolute atomic E-state index is 13.6. The minimum atomic E-state index is -0.344. The van der Waals surface area contributed by atoms with Gasteiger partial charge in [-0.2, -0.15) is 5.10 Å². The van der Waals surface area contributed by atoms with Gasteiger partial charge in [0.25, 0.3) is 0 Å². The molecule has 1 aromatic heterocycles. The summed E-state index contributed by atoms with van der Waals surface area (Å²) >= 11 is 11.0. The van der Waals surface area contributed by atoms with E-state index < -0.39 is 0 Å². The molecule has 0 spiro atoms. The van der Waals surface area contributed by atoms with Crippen LogP contribution in [0, 0.1) is 10.6 Å². The van der Waals surface area contributed by atoms with E-state index >= 15 is 0 Å². The molecule has 4 nitrogen and oxygen atoms in total. The predicted octanol–water partition coefficient (Wildman–Crippen LogP) is 3.04. The molecule has 0 atom stereocenters. The number of aromatic amines is 1. The van der Waals surface area contributed by atoms with Crippen molar-refractivity contribution in [2.24, 2.45) is 0 Å². The van der Waals surface area contributed by atoms with Crippen molar-refractivity contribution in [2.45, 2.75) is 19.9 Å². The number of H-pyrrole nitrogens is 1. The summed E-state index contributed by atoms with van der Waals surface area (Å²) in [5, 5.41) is 7.11. The average molecular weight is 287 g/mol. The van der Waals surface area contributed by atoms with Crippen LogP contribution in [0.1, 0.15) is 18.3 Å². The first-order valence-electron chi connectivity index (χ1n) is 5.46. The lowest BCUT2D eigenvalue weighted by Gasteiger charge is -2.11. The zero-order valence-electron chi connectivity index (χ0n) is 9.70. The number of hydrogen-bond acceptors (Lipinski definition) is 3. The summed E-state index contributed by atoms with van der Waals surface area (Å²) in [7, 11) is 0. The van der Waals surface area contributed by atoms with E-state index in [9.17, 15) is 4.39 Å². The summed E-state index contributed by atoms with van der Waals surface area (Å²) in [6.07, 6.45) is 0.713. The van der Waals surface area contributed by atoms with Crippen LogP contribution in [0.4, 0.5) is 4.39 Å². The Morgan fingerprint density at radius 2 is 2.33 bits per heavy atom. The van der Waals surface area contributed by atoms with Gasteiger partial charge in [0, 0.05) is 17.0 Å². The van der Waals surface area contributed by atoms with E-state index in [0.717, 1.165) is 5.82 Å². The zero-order valence-corrected chi connectivity index (χ0v) is 11.3. The van der Waals surface area contributed by atoms with Gasteiger partial charge < -0.3 is 5.43 Å². The first-order valence-corrected chi connectivity index (χ1v) is 6.25. The molecule has 0 radical (unpaired) electrons. The highest BCUT2D eigenvalue weighted by atomic mass is 35.5. The minimum Gasteiger partial charge on any atom is -0.318 e. The summed E-state index contributed by atoms with van der Waals surface area (Å²) in [6, 6.07) is 4.59. The molecule has 0 aliphatic rings. The number of aryl methyl sites for hydroxylation is 1. The van der Waals surface area contributed by atoms with Gasteiger partial charge in [-0.3, -0.25) is 5.10 Å². The Labute approximate surface area is 114 Å².